The van der Waals surface area contributed by atoms with Gasteiger partial charge in [0.1, 0.15) is 5.92 Å². The molecule has 0 spiro atoms. The van der Waals surface area contributed by atoms with Crippen LogP contribution in [0.5, 0.6) is 0 Å². The number of hydrogen-bond donors (Lipinski definition) is 1. The summed E-state index contributed by atoms with van der Waals surface area (Å²) in [5.41, 5.74) is 0. The Labute approximate surface area is 69.2 Å². The molecule has 0 saturated heterocycles. The van der Waals surface area contributed by atoms with Crippen molar-refractivity contribution in [3.05, 3.63) is 5.82 Å². The van der Waals surface area contributed by atoms with Crippen molar-refractivity contribution in [1.82, 2.24) is 20.2 Å². The molecule has 0 aliphatic heterocycles. The molecule has 0 aromatic carbocycles. The Balaban J connectivity index is 2.81. The number of aromatic nitrogens is 4. The van der Waals surface area contributed by atoms with E-state index in [9.17, 15) is 4.79 Å². The van der Waals surface area contributed by atoms with E-state index in [4.69, 9.17) is 5.11 Å². The SMILES string of the molecule is CCn1nnc(C(C)C(=O)O)n1. The second kappa shape index (κ2) is 3.29. The topological polar surface area (TPSA) is 80.9 Å². The van der Waals surface area contributed by atoms with Crippen molar-refractivity contribution in [3.63, 3.8) is 0 Å². The normalized spacial score (nSPS) is 12.8. The highest BCUT2D eigenvalue weighted by molar-refractivity contribution is 5.74. The van der Waals surface area contributed by atoms with Gasteiger partial charge in [0, 0.05) is 0 Å². The molecule has 6 nitrogen and oxygen atoms in total. The molecule has 1 heterocycles. The van der Waals surface area contributed by atoms with E-state index in [1.54, 1.807) is 0 Å². The van der Waals surface area contributed by atoms with Crippen molar-refractivity contribution in [2.24, 2.45) is 0 Å². The number of hydrogen-bond acceptors (Lipinski definition) is 4. The van der Waals surface area contributed by atoms with Gasteiger partial charge in [0.05, 0.1) is 6.54 Å². The maximum absolute atomic E-state index is 10.5. The van der Waals surface area contributed by atoms with Crippen LogP contribution in [0, 0.1) is 0 Å². The van der Waals surface area contributed by atoms with Crippen LogP contribution < -0.4 is 0 Å². The van der Waals surface area contributed by atoms with Crippen LogP contribution in [0.1, 0.15) is 25.6 Å². The largest absolute Gasteiger partial charge is 0.481 e. The Kier molecular flexibility index (Phi) is 2.37. The highest BCUT2D eigenvalue weighted by Gasteiger charge is 2.18. The monoisotopic (exact) mass is 170 g/mol. The van der Waals surface area contributed by atoms with Gasteiger partial charge in [0.25, 0.3) is 0 Å². The van der Waals surface area contributed by atoms with E-state index >= 15 is 0 Å². The van der Waals surface area contributed by atoms with Gasteiger partial charge in [-0.25, -0.2) is 0 Å². The molecule has 0 saturated carbocycles. The van der Waals surface area contributed by atoms with Crippen LogP contribution in [0.15, 0.2) is 0 Å². The molecule has 0 radical (unpaired) electrons. The first-order chi connectivity index (χ1) is 5.65. The van der Waals surface area contributed by atoms with E-state index in [0.29, 0.717) is 6.54 Å². The Hall–Kier alpha value is -1.46. The minimum absolute atomic E-state index is 0.254. The molecular weight excluding hydrogens is 160 g/mol. The standard InChI is InChI=1S/C6H10N4O2/c1-3-10-8-5(7-9-10)4(2)6(11)12/h4H,3H2,1-2H3,(H,11,12). The molecule has 12 heavy (non-hydrogen) atoms. The molecule has 1 aromatic heterocycles. The van der Waals surface area contributed by atoms with Crippen molar-refractivity contribution in [3.8, 4) is 0 Å². The zero-order valence-corrected chi connectivity index (χ0v) is 6.93. The summed E-state index contributed by atoms with van der Waals surface area (Å²) in [5.74, 6) is -1.37. The second-order valence-corrected chi connectivity index (χ2v) is 2.40. The number of nitrogens with zero attached hydrogens (tertiary/aromatic N) is 4. The molecule has 66 valence electrons. The Morgan fingerprint density at radius 2 is 2.42 bits per heavy atom. The first-order valence-corrected chi connectivity index (χ1v) is 3.65. The van der Waals surface area contributed by atoms with Gasteiger partial charge in [-0.2, -0.15) is 4.80 Å². The molecule has 0 bridgehead atoms. The number of aliphatic carboxylic acids is 1. The lowest BCUT2D eigenvalue weighted by Crippen LogP contribution is -2.09. The lowest BCUT2D eigenvalue weighted by atomic mass is 10.2. The third-order valence-electron chi connectivity index (χ3n) is 1.51. The van der Waals surface area contributed by atoms with E-state index in [2.05, 4.69) is 15.4 Å². The van der Waals surface area contributed by atoms with Gasteiger partial charge in [0.2, 0.25) is 0 Å². The third-order valence-corrected chi connectivity index (χ3v) is 1.51. The van der Waals surface area contributed by atoms with Crippen LogP contribution in [0.3, 0.4) is 0 Å². The summed E-state index contributed by atoms with van der Waals surface area (Å²) < 4.78 is 0. The third kappa shape index (κ3) is 1.58. The van der Waals surface area contributed by atoms with Crippen LogP contribution >= 0.6 is 0 Å². The van der Waals surface area contributed by atoms with Gasteiger partial charge in [-0.15, -0.1) is 10.2 Å². The van der Waals surface area contributed by atoms with E-state index in [-0.39, 0.29) is 5.82 Å². The lowest BCUT2D eigenvalue weighted by Gasteiger charge is -1.96. The molecule has 6 heteroatoms. The maximum atomic E-state index is 10.5. The summed E-state index contributed by atoms with van der Waals surface area (Å²) in [6, 6.07) is 0. The number of carboxylic acids is 1. The fraction of sp³-hybridized carbons (Fsp3) is 0.667. The average molecular weight is 170 g/mol. The minimum Gasteiger partial charge on any atom is -0.481 e. The summed E-state index contributed by atoms with van der Waals surface area (Å²) in [7, 11) is 0. The second-order valence-electron chi connectivity index (χ2n) is 2.40. The first-order valence-electron chi connectivity index (χ1n) is 3.65. The van der Waals surface area contributed by atoms with E-state index in [1.807, 2.05) is 6.92 Å². The molecule has 1 aromatic rings. The summed E-state index contributed by atoms with van der Waals surface area (Å²) in [4.78, 5) is 11.8. The minimum atomic E-state index is -0.939. The highest BCUT2D eigenvalue weighted by atomic mass is 16.4. The zero-order valence-electron chi connectivity index (χ0n) is 6.93. The summed E-state index contributed by atoms with van der Waals surface area (Å²) in [5, 5.41) is 19.7. The van der Waals surface area contributed by atoms with Crippen molar-refractivity contribution in [2.75, 3.05) is 0 Å². The summed E-state index contributed by atoms with van der Waals surface area (Å²) >= 11 is 0. The lowest BCUT2D eigenvalue weighted by molar-refractivity contribution is -0.138. The molecule has 0 fully saturated rings. The van der Waals surface area contributed by atoms with E-state index < -0.39 is 11.9 Å². The van der Waals surface area contributed by atoms with E-state index in [1.165, 1.54) is 11.7 Å². The predicted octanol–water partition coefficient (Wildman–Crippen LogP) is -0.119. The fourth-order valence-corrected chi connectivity index (χ4v) is 0.673. The fourth-order valence-electron chi connectivity index (χ4n) is 0.673. The number of aryl methyl sites for hydroxylation is 1. The summed E-state index contributed by atoms with van der Waals surface area (Å²) in [6.07, 6.45) is 0. The molecule has 1 atom stereocenters. The van der Waals surface area contributed by atoms with Crippen molar-refractivity contribution < 1.29 is 9.90 Å². The van der Waals surface area contributed by atoms with Crippen LogP contribution in [0.4, 0.5) is 0 Å². The molecule has 0 aliphatic rings. The van der Waals surface area contributed by atoms with Crippen LogP contribution in [-0.4, -0.2) is 31.3 Å². The van der Waals surface area contributed by atoms with Crippen LogP contribution in [-0.2, 0) is 11.3 Å². The predicted molar refractivity (Wildman–Crippen MR) is 39.5 cm³/mol. The van der Waals surface area contributed by atoms with Gasteiger partial charge in [-0.1, -0.05) is 0 Å². The molecule has 1 N–H and O–H groups in total. The van der Waals surface area contributed by atoms with Gasteiger partial charge in [-0.05, 0) is 19.1 Å². The Morgan fingerprint density at radius 1 is 1.75 bits per heavy atom. The Bertz CT molecular complexity index is 283. The zero-order chi connectivity index (χ0) is 9.14. The van der Waals surface area contributed by atoms with Crippen molar-refractivity contribution >= 4 is 5.97 Å². The van der Waals surface area contributed by atoms with Gasteiger partial charge in [0.15, 0.2) is 5.82 Å². The highest BCUT2D eigenvalue weighted by Crippen LogP contribution is 2.07. The molecule has 0 aliphatic carbocycles. The van der Waals surface area contributed by atoms with Gasteiger partial charge >= 0.3 is 5.97 Å². The van der Waals surface area contributed by atoms with Gasteiger partial charge in [-0.3, -0.25) is 4.79 Å². The summed E-state index contributed by atoms with van der Waals surface area (Å²) in [6.45, 7) is 3.98. The smallest absolute Gasteiger partial charge is 0.314 e. The molecule has 1 unspecified atom stereocenters. The first kappa shape index (κ1) is 8.63. The number of rotatable bonds is 3. The van der Waals surface area contributed by atoms with Crippen molar-refractivity contribution in [1.29, 1.82) is 0 Å². The number of carbonyl (C=O) groups is 1. The molecular formula is C6H10N4O2. The van der Waals surface area contributed by atoms with Crippen LogP contribution in [0.2, 0.25) is 0 Å². The number of tetrazole rings is 1. The Morgan fingerprint density at radius 3 is 2.83 bits per heavy atom. The number of carboxylic acid groups (broad SMARTS) is 1. The quantitative estimate of drug-likeness (QED) is 0.684. The van der Waals surface area contributed by atoms with Crippen molar-refractivity contribution in [2.45, 2.75) is 26.3 Å². The average Bonchev–Trinajstić information content (AvgIpc) is 2.50. The van der Waals surface area contributed by atoms with Gasteiger partial charge < -0.3 is 5.11 Å². The molecule has 1 rings (SSSR count). The maximum Gasteiger partial charge on any atom is 0.314 e. The molecule has 0 amide bonds. The van der Waals surface area contributed by atoms with Crippen LogP contribution in [0.25, 0.3) is 0 Å². The van der Waals surface area contributed by atoms with E-state index in [0.717, 1.165) is 0 Å².